The molecule has 0 atom stereocenters. The molecule has 2 rings (SSSR count). The van der Waals surface area contributed by atoms with Gasteiger partial charge in [0.05, 0.1) is 28.2 Å². The summed E-state index contributed by atoms with van der Waals surface area (Å²) >= 11 is 5.92. The lowest BCUT2D eigenvalue weighted by atomic mass is 10.2. The number of benzene rings is 1. The molecule has 2 N–H and O–H groups in total. The van der Waals surface area contributed by atoms with Crippen LogP contribution in [0.5, 0.6) is 0 Å². The molecule has 1 amide bonds. The molecular weight excluding hydrogens is 282 g/mol. The molecule has 0 aliphatic carbocycles. The van der Waals surface area contributed by atoms with Gasteiger partial charge in [0.25, 0.3) is 5.91 Å². The van der Waals surface area contributed by atoms with E-state index >= 15 is 0 Å². The Morgan fingerprint density at radius 3 is 2.55 bits per heavy atom. The molecule has 0 bridgehead atoms. The minimum absolute atomic E-state index is 0.0446. The van der Waals surface area contributed by atoms with E-state index in [-0.39, 0.29) is 16.3 Å². The van der Waals surface area contributed by atoms with E-state index in [1.807, 2.05) is 0 Å². The summed E-state index contributed by atoms with van der Waals surface area (Å²) < 4.78 is 0. The number of hydrogen-bond acceptors (Lipinski definition) is 4. The number of carboxylic acids is 1. The van der Waals surface area contributed by atoms with Gasteiger partial charge in [-0.2, -0.15) is 0 Å². The molecule has 0 fully saturated rings. The van der Waals surface area contributed by atoms with Gasteiger partial charge in [-0.3, -0.25) is 9.78 Å². The fourth-order valence-corrected chi connectivity index (χ4v) is 1.67. The normalized spacial score (nSPS) is 10.1. The molecule has 1 heterocycles. The first-order valence-electron chi connectivity index (χ1n) is 5.60. The van der Waals surface area contributed by atoms with Crippen molar-refractivity contribution in [1.82, 2.24) is 9.97 Å². The van der Waals surface area contributed by atoms with Crippen molar-refractivity contribution >= 4 is 29.2 Å². The number of nitrogens with one attached hydrogen (secondary N) is 1. The highest BCUT2D eigenvalue weighted by Gasteiger charge is 2.12. The molecule has 2 aromatic rings. The molecule has 0 saturated carbocycles. The first-order chi connectivity index (χ1) is 9.47. The van der Waals surface area contributed by atoms with E-state index in [2.05, 4.69) is 15.3 Å². The van der Waals surface area contributed by atoms with Crippen LogP contribution >= 0.6 is 11.6 Å². The average molecular weight is 292 g/mol. The van der Waals surface area contributed by atoms with Gasteiger partial charge in [0.2, 0.25) is 0 Å². The minimum atomic E-state index is -1.09. The predicted molar refractivity (Wildman–Crippen MR) is 73.1 cm³/mol. The summed E-state index contributed by atoms with van der Waals surface area (Å²) in [6.07, 6.45) is 2.83. The first kappa shape index (κ1) is 14.0. The van der Waals surface area contributed by atoms with Crippen LogP contribution in [0.25, 0.3) is 0 Å². The third-order valence-corrected chi connectivity index (χ3v) is 2.79. The van der Waals surface area contributed by atoms with E-state index in [1.54, 1.807) is 6.92 Å². The van der Waals surface area contributed by atoms with E-state index in [0.717, 1.165) is 0 Å². The molecule has 102 valence electrons. The van der Waals surface area contributed by atoms with Gasteiger partial charge in [0.15, 0.2) is 0 Å². The second kappa shape index (κ2) is 5.66. The second-order valence-electron chi connectivity index (χ2n) is 4.00. The maximum atomic E-state index is 11.9. The van der Waals surface area contributed by atoms with Gasteiger partial charge in [-0.25, -0.2) is 9.78 Å². The summed E-state index contributed by atoms with van der Waals surface area (Å²) in [6.45, 7) is 1.76. The Bertz CT molecular complexity index is 671. The van der Waals surface area contributed by atoms with Crippen LogP contribution in [-0.4, -0.2) is 27.0 Å². The summed E-state index contributed by atoms with van der Waals surface area (Å²) in [5.41, 5.74) is 1.20. The van der Waals surface area contributed by atoms with Gasteiger partial charge in [-0.15, -0.1) is 0 Å². The number of aromatic carboxylic acids is 1. The van der Waals surface area contributed by atoms with Crippen LogP contribution in [0.2, 0.25) is 5.02 Å². The lowest BCUT2D eigenvalue weighted by Crippen LogP contribution is -2.14. The smallest absolute Gasteiger partial charge is 0.335 e. The number of rotatable bonds is 3. The Morgan fingerprint density at radius 1 is 1.25 bits per heavy atom. The Kier molecular flexibility index (Phi) is 3.95. The number of hydrogen-bond donors (Lipinski definition) is 2. The van der Waals surface area contributed by atoms with Gasteiger partial charge in [0.1, 0.15) is 5.69 Å². The van der Waals surface area contributed by atoms with Crippen LogP contribution < -0.4 is 5.32 Å². The number of amides is 1. The van der Waals surface area contributed by atoms with E-state index in [1.165, 1.54) is 30.6 Å². The molecule has 0 aliphatic heterocycles. The van der Waals surface area contributed by atoms with E-state index in [0.29, 0.717) is 11.4 Å². The third kappa shape index (κ3) is 3.10. The van der Waals surface area contributed by atoms with E-state index < -0.39 is 11.9 Å². The van der Waals surface area contributed by atoms with Crippen molar-refractivity contribution in [3.8, 4) is 0 Å². The van der Waals surface area contributed by atoms with Crippen molar-refractivity contribution in [3.63, 3.8) is 0 Å². The quantitative estimate of drug-likeness (QED) is 0.906. The van der Waals surface area contributed by atoms with Crippen molar-refractivity contribution in [2.45, 2.75) is 6.92 Å². The third-order valence-electron chi connectivity index (χ3n) is 2.48. The maximum absolute atomic E-state index is 11.9. The summed E-state index contributed by atoms with van der Waals surface area (Å²) in [7, 11) is 0. The van der Waals surface area contributed by atoms with Crippen LogP contribution in [-0.2, 0) is 0 Å². The fourth-order valence-electron chi connectivity index (χ4n) is 1.45. The van der Waals surface area contributed by atoms with Crippen molar-refractivity contribution < 1.29 is 14.7 Å². The molecule has 20 heavy (non-hydrogen) atoms. The number of nitrogens with zero attached hydrogens (tertiary/aromatic N) is 2. The van der Waals surface area contributed by atoms with Crippen LogP contribution in [0.15, 0.2) is 30.6 Å². The van der Waals surface area contributed by atoms with Gasteiger partial charge < -0.3 is 10.4 Å². The highest BCUT2D eigenvalue weighted by Crippen LogP contribution is 2.23. The number of aryl methyl sites for hydroxylation is 1. The molecule has 1 aromatic heterocycles. The second-order valence-corrected chi connectivity index (χ2v) is 4.40. The molecule has 0 unspecified atom stereocenters. The van der Waals surface area contributed by atoms with Crippen molar-refractivity contribution in [2.24, 2.45) is 0 Å². The zero-order valence-corrected chi connectivity index (χ0v) is 11.2. The SMILES string of the molecule is Cc1cnc(C(=O)Nc2ccc(C(=O)O)cc2Cl)cn1. The summed E-state index contributed by atoms with van der Waals surface area (Å²) in [5, 5.41) is 11.5. The molecule has 6 nitrogen and oxygen atoms in total. The van der Waals surface area contributed by atoms with Crippen LogP contribution in [0.1, 0.15) is 26.5 Å². The average Bonchev–Trinajstić information content (AvgIpc) is 2.41. The zero-order chi connectivity index (χ0) is 14.7. The van der Waals surface area contributed by atoms with E-state index in [4.69, 9.17) is 16.7 Å². The number of halogens is 1. The minimum Gasteiger partial charge on any atom is -0.478 e. The topological polar surface area (TPSA) is 92.2 Å². The highest BCUT2D eigenvalue weighted by molar-refractivity contribution is 6.34. The molecule has 0 aliphatic rings. The largest absolute Gasteiger partial charge is 0.478 e. The van der Waals surface area contributed by atoms with Crippen LogP contribution in [0, 0.1) is 6.92 Å². The predicted octanol–water partition coefficient (Wildman–Crippen LogP) is 2.39. The van der Waals surface area contributed by atoms with Gasteiger partial charge in [-0.1, -0.05) is 11.6 Å². The summed E-state index contributed by atoms with van der Waals surface area (Å²) in [6, 6.07) is 4.04. The van der Waals surface area contributed by atoms with Crippen molar-refractivity contribution in [3.05, 3.63) is 52.6 Å². The molecule has 0 radical (unpaired) electrons. The number of carbonyl (C=O) groups is 2. The molecule has 0 spiro atoms. The van der Waals surface area contributed by atoms with Crippen LogP contribution in [0.4, 0.5) is 5.69 Å². The molecular formula is C13H10ClN3O3. The van der Waals surface area contributed by atoms with Gasteiger partial charge >= 0.3 is 5.97 Å². The lowest BCUT2D eigenvalue weighted by Gasteiger charge is -2.07. The van der Waals surface area contributed by atoms with Crippen LogP contribution in [0.3, 0.4) is 0 Å². The zero-order valence-electron chi connectivity index (χ0n) is 10.4. The number of anilines is 1. The molecule has 7 heteroatoms. The van der Waals surface area contributed by atoms with Gasteiger partial charge in [-0.05, 0) is 25.1 Å². The standard InChI is InChI=1S/C13H10ClN3O3/c1-7-5-16-11(6-15-7)12(18)17-10-3-2-8(13(19)20)4-9(10)14/h2-6H,1H3,(H,17,18)(H,19,20). The first-order valence-corrected chi connectivity index (χ1v) is 5.98. The van der Waals surface area contributed by atoms with Gasteiger partial charge in [0, 0.05) is 6.20 Å². The van der Waals surface area contributed by atoms with Crippen molar-refractivity contribution in [1.29, 1.82) is 0 Å². The number of carbonyl (C=O) groups excluding carboxylic acids is 1. The Balaban J connectivity index is 2.19. The summed E-state index contributed by atoms with van der Waals surface area (Å²) in [5.74, 6) is -1.56. The van der Waals surface area contributed by atoms with Crippen molar-refractivity contribution in [2.75, 3.05) is 5.32 Å². The highest BCUT2D eigenvalue weighted by atomic mass is 35.5. The summed E-state index contributed by atoms with van der Waals surface area (Å²) in [4.78, 5) is 30.6. The molecule has 0 saturated heterocycles. The maximum Gasteiger partial charge on any atom is 0.335 e. The fraction of sp³-hybridized carbons (Fsp3) is 0.0769. The lowest BCUT2D eigenvalue weighted by molar-refractivity contribution is 0.0696. The van der Waals surface area contributed by atoms with E-state index in [9.17, 15) is 9.59 Å². The Hall–Kier alpha value is -2.47. The monoisotopic (exact) mass is 291 g/mol. The Morgan fingerprint density at radius 2 is 2.00 bits per heavy atom. The Labute approximate surface area is 119 Å². The number of aromatic nitrogens is 2. The number of carboxylic acid groups (broad SMARTS) is 1. The molecule has 1 aromatic carbocycles.